The standard InChI is InChI=1S/C15H22N4O/c1-5-17-15(14-6-7-18-19(14)4)12-8-13(10-16-9-12)20-11(2)3/h6-11,15,17H,5H2,1-4H3. The van der Waals surface area contributed by atoms with Crippen molar-refractivity contribution in [2.75, 3.05) is 6.54 Å². The Labute approximate surface area is 120 Å². The van der Waals surface area contributed by atoms with Crippen molar-refractivity contribution in [2.45, 2.75) is 32.9 Å². The van der Waals surface area contributed by atoms with Crippen LogP contribution < -0.4 is 10.1 Å². The minimum absolute atomic E-state index is 0.0655. The van der Waals surface area contributed by atoms with Crippen LogP contribution in [0.1, 0.15) is 38.1 Å². The molecule has 0 aliphatic carbocycles. The van der Waals surface area contributed by atoms with Crippen molar-refractivity contribution < 1.29 is 4.74 Å². The maximum Gasteiger partial charge on any atom is 0.138 e. The third-order valence-electron chi connectivity index (χ3n) is 3.00. The molecule has 2 aromatic heterocycles. The van der Waals surface area contributed by atoms with Gasteiger partial charge in [-0.1, -0.05) is 6.92 Å². The van der Waals surface area contributed by atoms with Gasteiger partial charge in [0.25, 0.3) is 0 Å². The summed E-state index contributed by atoms with van der Waals surface area (Å²) in [5.41, 5.74) is 2.18. The highest BCUT2D eigenvalue weighted by atomic mass is 16.5. The number of pyridine rings is 1. The minimum atomic E-state index is 0.0655. The zero-order valence-electron chi connectivity index (χ0n) is 12.5. The van der Waals surface area contributed by atoms with Gasteiger partial charge in [-0.15, -0.1) is 0 Å². The van der Waals surface area contributed by atoms with Crippen LogP contribution >= 0.6 is 0 Å². The number of nitrogens with zero attached hydrogens (tertiary/aromatic N) is 3. The fraction of sp³-hybridized carbons (Fsp3) is 0.467. The van der Waals surface area contributed by atoms with E-state index in [1.54, 1.807) is 6.20 Å². The van der Waals surface area contributed by atoms with Gasteiger partial charge in [0.2, 0.25) is 0 Å². The molecule has 0 saturated carbocycles. The molecule has 0 fully saturated rings. The number of aromatic nitrogens is 3. The topological polar surface area (TPSA) is 52.0 Å². The molecule has 0 aliphatic rings. The van der Waals surface area contributed by atoms with Gasteiger partial charge < -0.3 is 10.1 Å². The maximum atomic E-state index is 5.72. The van der Waals surface area contributed by atoms with E-state index in [4.69, 9.17) is 4.74 Å². The number of rotatable bonds is 6. The van der Waals surface area contributed by atoms with Crippen molar-refractivity contribution in [1.82, 2.24) is 20.1 Å². The van der Waals surface area contributed by atoms with Crippen LogP contribution in [0.4, 0.5) is 0 Å². The summed E-state index contributed by atoms with van der Waals surface area (Å²) < 4.78 is 7.60. The normalized spacial score (nSPS) is 12.7. The maximum absolute atomic E-state index is 5.72. The molecule has 0 bridgehead atoms. The Balaban J connectivity index is 2.32. The first kappa shape index (κ1) is 14.5. The minimum Gasteiger partial charge on any atom is -0.489 e. The molecular formula is C15H22N4O. The highest BCUT2D eigenvalue weighted by molar-refractivity contribution is 5.31. The number of hydrogen-bond acceptors (Lipinski definition) is 4. The molecule has 0 radical (unpaired) electrons. The summed E-state index contributed by atoms with van der Waals surface area (Å²) >= 11 is 0. The van der Waals surface area contributed by atoms with Crippen molar-refractivity contribution in [2.24, 2.45) is 7.05 Å². The van der Waals surface area contributed by atoms with Crippen LogP contribution in [0.3, 0.4) is 0 Å². The lowest BCUT2D eigenvalue weighted by molar-refractivity contribution is 0.241. The fourth-order valence-corrected chi connectivity index (χ4v) is 2.19. The van der Waals surface area contributed by atoms with Gasteiger partial charge in [-0.05, 0) is 38.1 Å². The molecule has 0 aliphatic heterocycles. The molecule has 1 atom stereocenters. The molecule has 5 nitrogen and oxygen atoms in total. The quantitative estimate of drug-likeness (QED) is 0.878. The lowest BCUT2D eigenvalue weighted by atomic mass is 10.1. The van der Waals surface area contributed by atoms with E-state index in [9.17, 15) is 0 Å². The van der Waals surface area contributed by atoms with Crippen molar-refractivity contribution in [3.05, 3.63) is 42.0 Å². The average Bonchev–Trinajstić information content (AvgIpc) is 2.81. The molecule has 1 unspecified atom stereocenters. The van der Waals surface area contributed by atoms with Crippen molar-refractivity contribution in [3.63, 3.8) is 0 Å². The third-order valence-corrected chi connectivity index (χ3v) is 3.00. The molecule has 108 valence electrons. The summed E-state index contributed by atoms with van der Waals surface area (Å²) in [6.45, 7) is 6.97. The second-order valence-corrected chi connectivity index (χ2v) is 4.99. The molecular weight excluding hydrogens is 252 g/mol. The zero-order chi connectivity index (χ0) is 14.5. The van der Waals surface area contributed by atoms with Crippen LogP contribution in [0, 0.1) is 0 Å². The molecule has 20 heavy (non-hydrogen) atoms. The largest absolute Gasteiger partial charge is 0.489 e. The van der Waals surface area contributed by atoms with E-state index in [0.717, 1.165) is 23.6 Å². The Morgan fingerprint density at radius 2 is 2.15 bits per heavy atom. The summed E-state index contributed by atoms with van der Waals surface area (Å²) in [5, 5.41) is 7.71. The second-order valence-electron chi connectivity index (χ2n) is 4.99. The first-order valence-corrected chi connectivity index (χ1v) is 6.94. The molecule has 2 aromatic rings. The van der Waals surface area contributed by atoms with Crippen LogP contribution in [0.2, 0.25) is 0 Å². The fourth-order valence-electron chi connectivity index (χ4n) is 2.19. The molecule has 0 saturated heterocycles. The molecule has 1 N–H and O–H groups in total. The van der Waals surface area contributed by atoms with Crippen LogP contribution in [0.15, 0.2) is 30.7 Å². The van der Waals surface area contributed by atoms with Gasteiger partial charge >= 0.3 is 0 Å². The van der Waals surface area contributed by atoms with E-state index in [2.05, 4.69) is 22.3 Å². The highest BCUT2D eigenvalue weighted by Crippen LogP contribution is 2.24. The predicted molar refractivity (Wildman–Crippen MR) is 78.7 cm³/mol. The summed E-state index contributed by atoms with van der Waals surface area (Å²) in [7, 11) is 1.95. The van der Waals surface area contributed by atoms with Crippen LogP contribution in [-0.4, -0.2) is 27.4 Å². The lowest BCUT2D eigenvalue weighted by Gasteiger charge is -2.19. The Morgan fingerprint density at radius 3 is 2.75 bits per heavy atom. The lowest BCUT2D eigenvalue weighted by Crippen LogP contribution is -2.24. The summed E-state index contributed by atoms with van der Waals surface area (Å²) in [6, 6.07) is 4.12. The van der Waals surface area contributed by atoms with Gasteiger partial charge in [-0.2, -0.15) is 5.10 Å². The van der Waals surface area contributed by atoms with Crippen LogP contribution in [-0.2, 0) is 7.05 Å². The zero-order valence-corrected chi connectivity index (χ0v) is 12.5. The van der Waals surface area contributed by atoms with Gasteiger partial charge in [-0.25, -0.2) is 0 Å². The number of hydrogen-bond donors (Lipinski definition) is 1. The highest BCUT2D eigenvalue weighted by Gasteiger charge is 2.17. The Bertz CT molecular complexity index is 550. The Kier molecular flexibility index (Phi) is 4.74. The first-order chi connectivity index (χ1) is 9.61. The van der Waals surface area contributed by atoms with Crippen molar-refractivity contribution in [1.29, 1.82) is 0 Å². The van der Waals surface area contributed by atoms with Crippen LogP contribution in [0.5, 0.6) is 5.75 Å². The number of ether oxygens (including phenoxy) is 1. The summed E-state index contributed by atoms with van der Waals surface area (Å²) in [5.74, 6) is 0.794. The molecule has 0 spiro atoms. The van der Waals surface area contributed by atoms with Gasteiger partial charge in [0.05, 0.1) is 24.0 Å². The Hall–Kier alpha value is -1.88. The molecule has 2 heterocycles. The van der Waals surface area contributed by atoms with Crippen LogP contribution in [0.25, 0.3) is 0 Å². The van der Waals surface area contributed by atoms with Gasteiger partial charge in [-0.3, -0.25) is 9.67 Å². The number of nitrogens with one attached hydrogen (secondary N) is 1. The predicted octanol–water partition coefficient (Wildman–Crippen LogP) is 2.30. The SMILES string of the molecule is CCNC(c1cncc(OC(C)C)c1)c1ccnn1C. The molecule has 0 aromatic carbocycles. The van der Waals surface area contributed by atoms with E-state index in [1.165, 1.54) is 0 Å². The third kappa shape index (κ3) is 3.36. The average molecular weight is 274 g/mol. The van der Waals surface area contributed by atoms with E-state index >= 15 is 0 Å². The van der Waals surface area contributed by atoms with E-state index in [0.29, 0.717) is 0 Å². The Morgan fingerprint density at radius 1 is 1.35 bits per heavy atom. The summed E-state index contributed by atoms with van der Waals surface area (Å²) in [4.78, 5) is 4.29. The first-order valence-electron chi connectivity index (χ1n) is 6.94. The van der Waals surface area contributed by atoms with Gasteiger partial charge in [0.1, 0.15) is 5.75 Å². The van der Waals surface area contributed by atoms with Crippen molar-refractivity contribution >= 4 is 0 Å². The number of aryl methyl sites for hydroxylation is 1. The van der Waals surface area contributed by atoms with Gasteiger partial charge in [0, 0.05) is 19.4 Å². The van der Waals surface area contributed by atoms with E-state index in [1.807, 2.05) is 50.1 Å². The van der Waals surface area contributed by atoms with E-state index in [-0.39, 0.29) is 12.1 Å². The molecule has 5 heteroatoms. The monoisotopic (exact) mass is 274 g/mol. The smallest absolute Gasteiger partial charge is 0.138 e. The van der Waals surface area contributed by atoms with Crippen molar-refractivity contribution in [3.8, 4) is 5.75 Å². The summed E-state index contributed by atoms with van der Waals surface area (Å²) in [6.07, 6.45) is 5.56. The van der Waals surface area contributed by atoms with Gasteiger partial charge in [0.15, 0.2) is 0 Å². The molecule has 0 amide bonds. The van der Waals surface area contributed by atoms with E-state index < -0.39 is 0 Å². The second kappa shape index (κ2) is 6.52. The molecule has 2 rings (SSSR count).